The highest BCUT2D eigenvalue weighted by atomic mass is 127. The van der Waals surface area contributed by atoms with E-state index in [-0.39, 0.29) is 0 Å². The molecule has 0 saturated heterocycles. The molecule has 0 aliphatic rings. The molecule has 0 unspecified atom stereocenters. The van der Waals surface area contributed by atoms with E-state index < -0.39 is 0 Å². The van der Waals surface area contributed by atoms with Crippen LogP contribution in [0.25, 0.3) is 11.0 Å². The van der Waals surface area contributed by atoms with E-state index in [1.165, 1.54) is 0 Å². The van der Waals surface area contributed by atoms with Gasteiger partial charge in [-0.2, -0.15) is 4.98 Å². The van der Waals surface area contributed by atoms with E-state index >= 15 is 0 Å². The lowest BCUT2D eigenvalue weighted by atomic mass is 10.3. The predicted octanol–water partition coefficient (Wildman–Crippen LogP) is 2.10. The van der Waals surface area contributed by atoms with Crippen LogP contribution in [-0.2, 0) is 0 Å². The number of aryl methyl sites for hydroxylation is 1. The van der Waals surface area contributed by atoms with Crippen molar-refractivity contribution >= 4 is 40.0 Å². The van der Waals surface area contributed by atoms with Crippen molar-refractivity contribution in [3.05, 3.63) is 18.0 Å². The standard InChI is InChI=1S/C9H9IN4O/c1-5-7(15-10)3-6-4-12-9(11-2)14-8(6)13-5/h3-4H,1-2H3,(H,11,12,13,14). The molecule has 1 N–H and O–H groups in total. The van der Waals surface area contributed by atoms with Gasteiger partial charge in [-0.1, -0.05) is 0 Å². The number of anilines is 1. The Bertz CT molecular complexity index is 503. The topological polar surface area (TPSA) is 59.9 Å². The van der Waals surface area contributed by atoms with Crippen LogP contribution in [0.2, 0.25) is 0 Å². The maximum Gasteiger partial charge on any atom is 0.224 e. The Morgan fingerprint density at radius 3 is 2.87 bits per heavy atom. The molecule has 78 valence electrons. The van der Waals surface area contributed by atoms with Crippen molar-refractivity contribution in [2.75, 3.05) is 12.4 Å². The number of rotatable bonds is 2. The molecule has 0 aromatic carbocycles. The summed E-state index contributed by atoms with van der Waals surface area (Å²) < 4.78 is 5.15. The largest absolute Gasteiger partial charge is 0.426 e. The zero-order valence-corrected chi connectivity index (χ0v) is 10.4. The van der Waals surface area contributed by atoms with Gasteiger partial charge in [0.15, 0.2) is 34.4 Å². The monoisotopic (exact) mass is 316 g/mol. The normalized spacial score (nSPS) is 10.3. The van der Waals surface area contributed by atoms with Crippen LogP contribution in [-0.4, -0.2) is 22.0 Å². The van der Waals surface area contributed by atoms with Crippen LogP contribution in [0, 0.1) is 6.92 Å². The SMILES string of the molecule is CNc1ncc2cc(OI)c(C)nc2n1. The van der Waals surface area contributed by atoms with Crippen molar-refractivity contribution in [1.82, 2.24) is 15.0 Å². The molecule has 0 aliphatic carbocycles. The number of nitrogens with zero attached hydrogens (tertiary/aromatic N) is 3. The van der Waals surface area contributed by atoms with Gasteiger partial charge in [-0.3, -0.25) is 0 Å². The second-order valence-electron chi connectivity index (χ2n) is 3.01. The smallest absolute Gasteiger partial charge is 0.224 e. The fraction of sp³-hybridized carbons (Fsp3) is 0.222. The van der Waals surface area contributed by atoms with Gasteiger partial charge in [0.2, 0.25) is 5.95 Å². The molecule has 0 aliphatic heterocycles. The van der Waals surface area contributed by atoms with Gasteiger partial charge in [-0.25, -0.2) is 9.97 Å². The van der Waals surface area contributed by atoms with E-state index in [9.17, 15) is 0 Å². The van der Waals surface area contributed by atoms with Crippen molar-refractivity contribution in [2.24, 2.45) is 0 Å². The first-order valence-corrected chi connectivity index (χ1v) is 5.23. The molecule has 0 radical (unpaired) electrons. The second kappa shape index (κ2) is 4.13. The summed E-state index contributed by atoms with van der Waals surface area (Å²) >= 11 is 1.83. The summed E-state index contributed by atoms with van der Waals surface area (Å²) in [5.41, 5.74) is 1.49. The number of hydrogen-bond acceptors (Lipinski definition) is 5. The molecule has 0 fully saturated rings. The lowest BCUT2D eigenvalue weighted by Gasteiger charge is -2.04. The summed E-state index contributed by atoms with van der Waals surface area (Å²) in [7, 11) is 1.77. The lowest BCUT2D eigenvalue weighted by molar-refractivity contribution is 0.703. The van der Waals surface area contributed by atoms with Crippen LogP contribution in [0.15, 0.2) is 12.3 Å². The molecule has 0 atom stereocenters. The average molecular weight is 316 g/mol. The minimum absolute atomic E-state index is 0.567. The molecule has 0 amide bonds. The van der Waals surface area contributed by atoms with E-state index in [0.717, 1.165) is 16.8 Å². The predicted molar refractivity (Wildman–Crippen MR) is 66.3 cm³/mol. The van der Waals surface area contributed by atoms with Gasteiger partial charge in [0.05, 0.1) is 5.69 Å². The second-order valence-corrected chi connectivity index (χ2v) is 3.45. The van der Waals surface area contributed by atoms with Gasteiger partial charge >= 0.3 is 0 Å². The van der Waals surface area contributed by atoms with Gasteiger partial charge in [0.1, 0.15) is 0 Å². The fourth-order valence-corrected chi connectivity index (χ4v) is 1.68. The van der Waals surface area contributed by atoms with Crippen LogP contribution in [0.5, 0.6) is 5.75 Å². The molecule has 2 aromatic rings. The third-order valence-electron chi connectivity index (χ3n) is 2.02. The van der Waals surface area contributed by atoms with Gasteiger partial charge < -0.3 is 8.38 Å². The summed E-state index contributed by atoms with van der Waals surface area (Å²) in [6.45, 7) is 1.88. The molecular weight excluding hydrogens is 307 g/mol. The van der Waals surface area contributed by atoms with Crippen molar-refractivity contribution < 1.29 is 3.07 Å². The highest BCUT2D eigenvalue weighted by Crippen LogP contribution is 2.22. The summed E-state index contributed by atoms with van der Waals surface area (Å²) in [6, 6.07) is 1.88. The van der Waals surface area contributed by atoms with E-state index in [4.69, 9.17) is 3.07 Å². The molecule has 0 spiro atoms. The Morgan fingerprint density at radius 1 is 1.40 bits per heavy atom. The first-order chi connectivity index (χ1) is 7.24. The summed E-state index contributed by atoms with van der Waals surface area (Å²) in [6.07, 6.45) is 1.72. The van der Waals surface area contributed by atoms with E-state index in [1.807, 2.05) is 36.0 Å². The number of fused-ring (bicyclic) bond motifs is 1. The van der Waals surface area contributed by atoms with E-state index in [0.29, 0.717) is 11.6 Å². The highest BCUT2D eigenvalue weighted by molar-refractivity contribution is 14.1. The van der Waals surface area contributed by atoms with Gasteiger partial charge in [0.25, 0.3) is 0 Å². The van der Waals surface area contributed by atoms with E-state index in [1.54, 1.807) is 13.2 Å². The molecule has 15 heavy (non-hydrogen) atoms. The Balaban J connectivity index is 2.65. The molecule has 0 saturated carbocycles. The minimum Gasteiger partial charge on any atom is -0.426 e. The Kier molecular flexibility index (Phi) is 2.85. The number of pyridine rings is 1. The molecule has 6 heteroatoms. The molecule has 0 bridgehead atoms. The average Bonchev–Trinajstić information content (AvgIpc) is 2.27. The number of hydrogen-bond donors (Lipinski definition) is 1. The third-order valence-corrected chi connectivity index (χ3v) is 2.49. The minimum atomic E-state index is 0.567. The maximum absolute atomic E-state index is 5.15. The molecular formula is C9H9IN4O. The van der Waals surface area contributed by atoms with Crippen molar-refractivity contribution in [3.8, 4) is 5.75 Å². The summed E-state index contributed by atoms with van der Waals surface area (Å²) in [5, 5.41) is 3.74. The van der Waals surface area contributed by atoms with Crippen LogP contribution in [0.4, 0.5) is 5.95 Å². The zero-order chi connectivity index (χ0) is 10.8. The number of halogens is 1. The Morgan fingerprint density at radius 2 is 2.20 bits per heavy atom. The van der Waals surface area contributed by atoms with Gasteiger partial charge in [-0.15, -0.1) is 0 Å². The third kappa shape index (κ3) is 1.94. The molecule has 5 nitrogen and oxygen atoms in total. The maximum atomic E-state index is 5.15. The molecule has 2 heterocycles. The lowest BCUT2D eigenvalue weighted by Crippen LogP contribution is -1.98. The molecule has 2 rings (SSSR count). The summed E-state index contributed by atoms with van der Waals surface area (Å²) in [4.78, 5) is 12.7. The van der Waals surface area contributed by atoms with Crippen molar-refractivity contribution in [1.29, 1.82) is 0 Å². The Labute approximate surface area is 101 Å². The van der Waals surface area contributed by atoms with Gasteiger partial charge in [-0.05, 0) is 13.0 Å². The van der Waals surface area contributed by atoms with Crippen LogP contribution >= 0.6 is 23.0 Å². The van der Waals surface area contributed by atoms with Crippen LogP contribution in [0.1, 0.15) is 5.69 Å². The molecule has 2 aromatic heterocycles. The summed E-state index contributed by atoms with van der Waals surface area (Å²) in [5.74, 6) is 1.31. The number of nitrogens with one attached hydrogen (secondary N) is 1. The fourth-order valence-electron chi connectivity index (χ4n) is 1.23. The van der Waals surface area contributed by atoms with E-state index in [2.05, 4.69) is 20.3 Å². The first kappa shape index (κ1) is 10.3. The number of aromatic nitrogens is 3. The highest BCUT2D eigenvalue weighted by Gasteiger charge is 2.05. The van der Waals surface area contributed by atoms with Crippen molar-refractivity contribution in [2.45, 2.75) is 6.92 Å². The Hall–Kier alpha value is -1.18. The first-order valence-electron chi connectivity index (χ1n) is 4.35. The quantitative estimate of drug-likeness (QED) is 0.860. The van der Waals surface area contributed by atoms with Crippen molar-refractivity contribution in [3.63, 3.8) is 0 Å². The zero-order valence-electron chi connectivity index (χ0n) is 8.28. The van der Waals surface area contributed by atoms with Crippen LogP contribution < -0.4 is 8.38 Å². The van der Waals surface area contributed by atoms with Crippen LogP contribution in [0.3, 0.4) is 0 Å². The van der Waals surface area contributed by atoms with Gasteiger partial charge in [0, 0.05) is 18.6 Å².